The molecule has 60 heavy (non-hydrogen) atoms. The summed E-state index contributed by atoms with van der Waals surface area (Å²) in [5.74, 6) is -8.04. The molecular weight excluding hydrogens is 807 g/mol. The third-order valence-electron chi connectivity index (χ3n) is 10.3. The molecule has 2 aliphatic heterocycles. The Balaban J connectivity index is 2.23. The number of nitrogens with zero attached hydrogens (tertiary/aromatic N) is 2. The summed E-state index contributed by atoms with van der Waals surface area (Å²) in [6.45, 7) is 12.7. The first-order valence-corrected chi connectivity index (χ1v) is 20.9. The van der Waals surface area contributed by atoms with Crippen LogP contribution in [0.5, 0.6) is 0 Å². The number of carboxylic acids is 1. The van der Waals surface area contributed by atoms with Gasteiger partial charge in [-0.05, 0) is 71.6 Å². The fourth-order valence-corrected chi connectivity index (χ4v) is 7.14. The van der Waals surface area contributed by atoms with Crippen LogP contribution in [-0.2, 0) is 43.2 Å². The second-order valence-electron chi connectivity index (χ2n) is 16.4. The number of hydrogen-bond acceptors (Lipinski definition) is 13. The van der Waals surface area contributed by atoms with E-state index in [0.717, 1.165) is 0 Å². The lowest BCUT2D eigenvalue weighted by molar-refractivity contribution is -0.148. The van der Waals surface area contributed by atoms with Crippen LogP contribution in [0.15, 0.2) is 0 Å². The lowest BCUT2D eigenvalue weighted by atomic mass is 10.0. The zero-order valence-corrected chi connectivity index (χ0v) is 36.5. The number of carboxylic acid groups (broad SMARTS) is 1. The number of likely N-dealkylation sites (tertiary alicyclic amines) is 2. The molecule has 340 valence electrons. The van der Waals surface area contributed by atoms with E-state index in [1.807, 2.05) is 0 Å². The van der Waals surface area contributed by atoms with E-state index in [1.54, 1.807) is 27.7 Å². The van der Waals surface area contributed by atoms with Gasteiger partial charge in [0.2, 0.25) is 47.3 Å². The predicted molar refractivity (Wildman–Crippen MR) is 220 cm³/mol. The maximum Gasteiger partial charge on any atom is 0.327 e. The fourth-order valence-electron chi connectivity index (χ4n) is 6.89. The molecule has 2 aliphatic rings. The van der Waals surface area contributed by atoms with Gasteiger partial charge in [-0.15, -0.1) is 0 Å². The maximum absolute atomic E-state index is 14.1. The van der Waals surface area contributed by atoms with E-state index in [2.05, 4.69) is 44.5 Å². The van der Waals surface area contributed by atoms with Crippen molar-refractivity contribution in [2.45, 2.75) is 154 Å². The van der Waals surface area contributed by atoms with Crippen molar-refractivity contribution in [2.75, 3.05) is 18.8 Å². The van der Waals surface area contributed by atoms with Gasteiger partial charge in [-0.1, -0.05) is 27.7 Å². The van der Waals surface area contributed by atoms with Crippen molar-refractivity contribution in [3.05, 3.63) is 0 Å². The zero-order valence-electron chi connectivity index (χ0n) is 35.6. The van der Waals surface area contributed by atoms with Crippen molar-refractivity contribution in [1.29, 1.82) is 0 Å². The number of thiol groups is 1. The van der Waals surface area contributed by atoms with Gasteiger partial charge in [-0.25, -0.2) is 4.79 Å². The Kier molecular flexibility index (Phi) is 20.2. The van der Waals surface area contributed by atoms with Crippen molar-refractivity contribution in [1.82, 2.24) is 41.7 Å². The summed E-state index contributed by atoms with van der Waals surface area (Å²) in [5.41, 5.74) is 5.59. The van der Waals surface area contributed by atoms with Crippen LogP contribution in [0.4, 0.5) is 0 Å². The highest BCUT2D eigenvalue weighted by atomic mass is 32.1. The first kappa shape index (κ1) is 51.6. The van der Waals surface area contributed by atoms with Gasteiger partial charge in [0, 0.05) is 18.8 Å². The average Bonchev–Trinajstić information content (AvgIpc) is 3.86. The molecule has 2 heterocycles. The van der Waals surface area contributed by atoms with E-state index >= 15 is 0 Å². The third-order valence-corrected chi connectivity index (χ3v) is 10.7. The molecule has 0 aliphatic carbocycles. The van der Waals surface area contributed by atoms with Gasteiger partial charge in [0.25, 0.3) is 0 Å². The Labute approximate surface area is 355 Å². The molecule has 2 saturated heterocycles. The van der Waals surface area contributed by atoms with E-state index in [-0.39, 0.29) is 37.6 Å². The standard InChI is InChI=1S/C38H65N9O12S/c1-17(2)15-23(32(52)44-29(22(8)49)35(55)45-28(21(7)48)34(54)42-24(16-60)38(58)59)41-33(53)25-11-9-13-46(25)36(56)26-12-10-14-47(26)37(57)27(18(3)4)43-31(51)20(6)40-30(50)19(5)39/h17-29,48-49,60H,9-16,39H2,1-8H3,(H,40,50)(H,41,53)(H,42,54)(H,43,51)(H,44,52)(H,45,55)(H,58,59)/t19-,20-,21+,22+,23-,24-,25-,26-,27-,28-,29-/m0/s1. The van der Waals surface area contributed by atoms with E-state index in [1.165, 1.54) is 37.5 Å². The van der Waals surface area contributed by atoms with Crippen LogP contribution in [0.3, 0.4) is 0 Å². The average molecular weight is 872 g/mol. The van der Waals surface area contributed by atoms with E-state index in [4.69, 9.17) is 5.73 Å². The molecule has 8 amide bonds. The first-order chi connectivity index (χ1) is 27.9. The summed E-state index contributed by atoms with van der Waals surface area (Å²) in [4.78, 5) is 121. The molecule has 0 unspecified atom stereocenters. The largest absolute Gasteiger partial charge is 0.480 e. The van der Waals surface area contributed by atoms with E-state index in [0.29, 0.717) is 19.3 Å². The predicted octanol–water partition coefficient (Wildman–Crippen LogP) is -3.28. The molecule has 0 aromatic carbocycles. The minimum atomic E-state index is -1.69. The number of nitrogens with two attached hydrogens (primary N) is 1. The number of amides is 8. The Hall–Kier alpha value is -4.54. The Morgan fingerprint density at radius 2 is 1.13 bits per heavy atom. The normalized spacial score (nSPS) is 21.0. The third kappa shape index (κ3) is 14.3. The maximum atomic E-state index is 14.1. The Bertz CT molecular complexity index is 1580. The summed E-state index contributed by atoms with van der Waals surface area (Å²) >= 11 is 3.88. The molecule has 2 fully saturated rings. The van der Waals surface area contributed by atoms with Gasteiger partial charge < -0.3 is 62.8 Å². The highest BCUT2D eigenvalue weighted by molar-refractivity contribution is 7.80. The number of nitrogens with one attached hydrogen (secondary N) is 6. The van der Waals surface area contributed by atoms with Crippen molar-refractivity contribution < 1.29 is 58.5 Å². The molecule has 0 spiro atoms. The van der Waals surface area contributed by atoms with Crippen LogP contribution >= 0.6 is 12.6 Å². The summed E-state index contributed by atoms with van der Waals surface area (Å²) in [7, 11) is 0. The van der Waals surface area contributed by atoms with Crippen molar-refractivity contribution in [3.8, 4) is 0 Å². The lowest BCUT2D eigenvalue weighted by Crippen LogP contribution is -2.63. The van der Waals surface area contributed by atoms with E-state index < -0.39 is 126 Å². The number of hydrogen-bond donors (Lipinski definition) is 11. The van der Waals surface area contributed by atoms with Gasteiger partial charge in [0.05, 0.1) is 18.2 Å². The molecule has 11 atom stereocenters. The first-order valence-electron chi connectivity index (χ1n) is 20.3. The molecule has 0 saturated carbocycles. The van der Waals surface area contributed by atoms with Gasteiger partial charge in [-0.3, -0.25) is 38.4 Å². The smallest absolute Gasteiger partial charge is 0.327 e. The highest BCUT2D eigenvalue weighted by Crippen LogP contribution is 2.27. The van der Waals surface area contributed by atoms with Crippen molar-refractivity contribution >= 4 is 65.9 Å². The van der Waals surface area contributed by atoms with Gasteiger partial charge >= 0.3 is 5.97 Å². The highest BCUT2D eigenvalue weighted by Gasteiger charge is 2.45. The molecule has 0 aromatic rings. The number of carbonyl (C=O) groups is 9. The van der Waals surface area contributed by atoms with Crippen LogP contribution in [-0.4, -0.2) is 164 Å². The summed E-state index contributed by atoms with van der Waals surface area (Å²) < 4.78 is 0. The lowest BCUT2D eigenvalue weighted by Gasteiger charge is -2.34. The molecule has 11 N–H and O–H groups in total. The topological polar surface area (TPSA) is 319 Å². The number of aliphatic hydroxyl groups excluding tert-OH is 2. The van der Waals surface area contributed by atoms with Crippen molar-refractivity contribution in [2.24, 2.45) is 17.6 Å². The molecule has 22 heteroatoms. The van der Waals surface area contributed by atoms with Crippen molar-refractivity contribution in [3.63, 3.8) is 0 Å². The molecule has 0 radical (unpaired) electrons. The summed E-state index contributed by atoms with van der Waals surface area (Å²) in [6.07, 6.45) is -1.50. The fraction of sp³-hybridized carbons (Fsp3) is 0.763. The van der Waals surface area contributed by atoms with Gasteiger partial charge in [0.15, 0.2) is 0 Å². The number of carbonyl (C=O) groups excluding carboxylic acids is 8. The SMILES string of the molecule is CC(C)C[C@H](NC(=O)[C@@H]1CCCN1C(=O)[C@@H]1CCCN1C(=O)[C@@H](NC(=O)[C@H](C)NC(=O)[C@H](C)N)C(C)C)C(=O)N[C@H](C(=O)N[C@H](C(=O)N[C@@H](CS)C(=O)O)[C@@H](C)O)[C@@H](C)O. The number of aliphatic carboxylic acids is 1. The Morgan fingerprint density at radius 3 is 1.62 bits per heavy atom. The second-order valence-corrected chi connectivity index (χ2v) is 16.7. The minimum absolute atomic E-state index is 0.0756. The molecule has 0 bridgehead atoms. The molecule has 0 aromatic heterocycles. The Morgan fingerprint density at radius 1 is 0.633 bits per heavy atom. The molecular formula is C38H65N9O12S. The van der Waals surface area contributed by atoms with E-state index in [9.17, 15) is 58.5 Å². The summed E-state index contributed by atoms with van der Waals surface area (Å²) in [6, 6.07) is -10.9. The van der Waals surface area contributed by atoms with Gasteiger partial charge in [0.1, 0.15) is 48.3 Å². The number of aliphatic hydroxyl groups is 2. The zero-order chi connectivity index (χ0) is 45.8. The van der Waals surface area contributed by atoms with Crippen LogP contribution in [0.25, 0.3) is 0 Å². The van der Waals surface area contributed by atoms with Crippen LogP contribution < -0.4 is 37.6 Å². The molecule has 2 rings (SSSR count). The second kappa shape index (κ2) is 23.5. The summed E-state index contributed by atoms with van der Waals surface area (Å²) in [5, 5.41) is 44.7. The molecule has 21 nitrogen and oxygen atoms in total. The number of rotatable bonds is 21. The monoisotopic (exact) mass is 871 g/mol. The van der Waals surface area contributed by atoms with Crippen LogP contribution in [0.2, 0.25) is 0 Å². The minimum Gasteiger partial charge on any atom is -0.480 e. The quantitative estimate of drug-likeness (QED) is 0.0505. The van der Waals surface area contributed by atoms with Crippen LogP contribution in [0.1, 0.15) is 87.5 Å². The van der Waals surface area contributed by atoms with Crippen LogP contribution in [0, 0.1) is 11.8 Å². The van der Waals surface area contributed by atoms with Gasteiger partial charge in [-0.2, -0.15) is 12.6 Å².